The SMILES string of the molecule is Oc1cc(=CS)c2cccc3cccc1c32. The molecule has 0 radical (unpaired) electrons. The van der Waals surface area contributed by atoms with E-state index in [2.05, 4.69) is 30.8 Å². The Kier molecular flexibility index (Phi) is 2.04. The smallest absolute Gasteiger partial charge is 0.124 e. The number of benzene rings is 3. The zero-order chi connectivity index (χ0) is 11.1. The summed E-state index contributed by atoms with van der Waals surface area (Å²) in [5.41, 5.74) is 0. The van der Waals surface area contributed by atoms with Gasteiger partial charge in [-0.3, -0.25) is 0 Å². The van der Waals surface area contributed by atoms with Gasteiger partial charge in [0.2, 0.25) is 0 Å². The number of phenols is 1. The van der Waals surface area contributed by atoms with Crippen LogP contribution in [0.25, 0.3) is 27.0 Å². The molecule has 3 aromatic rings. The van der Waals surface area contributed by atoms with Crippen molar-refractivity contribution in [2.24, 2.45) is 0 Å². The van der Waals surface area contributed by atoms with Gasteiger partial charge in [0.15, 0.2) is 0 Å². The monoisotopic (exact) mass is 226 g/mol. The Morgan fingerprint density at radius 1 is 1.00 bits per heavy atom. The van der Waals surface area contributed by atoms with Gasteiger partial charge in [-0.05, 0) is 27.5 Å². The van der Waals surface area contributed by atoms with Gasteiger partial charge >= 0.3 is 0 Å². The van der Waals surface area contributed by atoms with Crippen LogP contribution >= 0.6 is 12.6 Å². The molecule has 0 saturated carbocycles. The molecule has 0 aliphatic heterocycles. The van der Waals surface area contributed by atoms with Crippen LogP contribution in [0, 0.1) is 0 Å². The van der Waals surface area contributed by atoms with E-state index in [0.717, 1.165) is 26.8 Å². The molecule has 1 nitrogen and oxygen atoms in total. The summed E-state index contributed by atoms with van der Waals surface area (Å²) in [7, 11) is 0. The van der Waals surface area contributed by atoms with Crippen LogP contribution in [0.4, 0.5) is 0 Å². The van der Waals surface area contributed by atoms with Crippen LogP contribution in [0.1, 0.15) is 0 Å². The minimum atomic E-state index is 0.310. The molecule has 1 N–H and O–H groups in total. The van der Waals surface area contributed by atoms with E-state index in [0.29, 0.717) is 5.75 Å². The average molecular weight is 226 g/mol. The molecule has 2 heteroatoms. The third-order valence-corrected chi connectivity index (χ3v) is 3.20. The lowest BCUT2D eigenvalue weighted by atomic mass is 9.99. The number of hydrogen-bond acceptors (Lipinski definition) is 2. The lowest BCUT2D eigenvalue weighted by Crippen LogP contribution is -2.00. The van der Waals surface area contributed by atoms with Crippen LogP contribution in [0.5, 0.6) is 5.75 Å². The minimum absolute atomic E-state index is 0.310. The number of phenolic OH excluding ortho intramolecular Hbond substituents is 1. The van der Waals surface area contributed by atoms with Crippen molar-refractivity contribution in [2.75, 3.05) is 0 Å². The Morgan fingerprint density at radius 2 is 1.69 bits per heavy atom. The van der Waals surface area contributed by atoms with E-state index in [-0.39, 0.29) is 0 Å². The predicted octanol–water partition coefficient (Wildman–Crippen LogP) is 3.09. The molecule has 0 heterocycles. The molecule has 0 bridgehead atoms. The van der Waals surface area contributed by atoms with Gasteiger partial charge in [-0.2, -0.15) is 12.6 Å². The Balaban J connectivity index is 2.75. The summed E-state index contributed by atoms with van der Waals surface area (Å²) in [5.74, 6) is 0.310. The van der Waals surface area contributed by atoms with Gasteiger partial charge in [-0.25, -0.2) is 0 Å². The Labute approximate surface area is 98.4 Å². The summed E-state index contributed by atoms with van der Waals surface area (Å²) in [6.45, 7) is 0. The van der Waals surface area contributed by atoms with E-state index in [1.54, 1.807) is 11.5 Å². The molecule has 78 valence electrons. The number of rotatable bonds is 0. The maximum Gasteiger partial charge on any atom is 0.124 e. The first kappa shape index (κ1) is 9.55. The largest absolute Gasteiger partial charge is 0.507 e. The topological polar surface area (TPSA) is 20.2 Å². The molecule has 0 atom stereocenters. The molecule has 0 saturated heterocycles. The van der Waals surface area contributed by atoms with Crippen molar-refractivity contribution in [3.8, 4) is 5.75 Å². The van der Waals surface area contributed by atoms with Crippen molar-refractivity contribution in [1.29, 1.82) is 0 Å². The van der Waals surface area contributed by atoms with E-state index in [1.807, 2.05) is 18.2 Å². The van der Waals surface area contributed by atoms with E-state index in [9.17, 15) is 5.11 Å². The summed E-state index contributed by atoms with van der Waals surface area (Å²) < 4.78 is 0. The van der Waals surface area contributed by atoms with Crippen molar-refractivity contribution < 1.29 is 5.11 Å². The highest BCUT2D eigenvalue weighted by atomic mass is 32.1. The highest BCUT2D eigenvalue weighted by Crippen LogP contribution is 2.30. The first-order chi connectivity index (χ1) is 7.81. The highest BCUT2D eigenvalue weighted by Gasteiger charge is 2.06. The second-order valence-corrected chi connectivity index (χ2v) is 4.08. The molecule has 0 aromatic heterocycles. The van der Waals surface area contributed by atoms with Crippen molar-refractivity contribution in [1.82, 2.24) is 0 Å². The summed E-state index contributed by atoms with van der Waals surface area (Å²) in [6, 6.07) is 13.8. The molecule has 3 aromatic carbocycles. The third kappa shape index (κ3) is 1.20. The number of hydrogen-bond donors (Lipinski definition) is 2. The normalized spacial score (nSPS) is 12.7. The van der Waals surface area contributed by atoms with Crippen LogP contribution in [0.2, 0.25) is 0 Å². The van der Waals surface area contributed by atoms with Gasteiger partial charge in [0.05, 0.1) is 0 Å². The first-order valence-corrected chi connectivity index (χ1v) is 5.60. The second kappa shape index (κ2) is 3.42. The standard InChI is InChI=1S/C14H10OS/c15-13-7-10(8-16)11-5-1-3-9-4-2-6-12(13)14(9)11/h1-8,15-16H. The van der Waals surface area contributed by atoms with Gasteiger partial charge in [0, 0.05) is 10.8 Å². The van der Waals surface area contributed by atoms with Gasteiger partial charge in [-0.1, -0.05) is 36.4 Å². The van der Waals surface area contributed by atoms with Crippen LogP contribution in [-0.4, -0.2) is 5.11 Å². The summed E-state index contributed by atoms with van der Waals surface area (Å²) in [5, 5.41) is 16.9. The molecule has 16 heavy (non-hydrogen) atoms. The molecular formula is C14H10OS. The Morgan fingerprint density at radius 3 is 2.38 bits per heavy atom. The van der Waals surface area contributed by atoms with Gasteiger partial charge in [-0.15, -0.1) is 0 Å². The lowest BCUT2D eigenvalue weighted by Gasteiger charge is -2.07. The van der Waals surface area contributed by atoms with Crippen LogP contribution in [0.3, 0.4) is 0 Å². The maximum atomic E-state index is 9.96. The van der Waals surface area contributed by atoms with Gasteiger partial charge < -0.3 is 5.11 Å². The van der Waals surface area contributed by atoms with Crippen molar-refractivity contribution in [3.05, 3.63) is 47.7 Å². The molecule has 0 fully saturated rings. The summed E-state index contributed by atoms with van der Waals surface area (Å²) >= 11 is 4.18. The van der Waals surface area contributed by atoms with Crippen LogP contribution in [-0.2, 0) is 0 Å². The van der Waals surface area contributed by atoms with E-state index < -0.39 is 0 Å². The molecule has 0 amide bonds. The summed E-state index contributed by atoms with van der Waals surface area (Å²) in [6.07, 6.45) is 0. The minimum Gasteiger partial charge on any atom is -0.507 e. The fourth-order valence-electron chi connectivity index (χ4n) is 2.20. The van der Waals surface area contributed by atoms with Crippen molar-refractivity contribution >= 4 is 39.6 Å². The zero-order valence-corrected chi connectivity index (χ0v) is 9.41. The average Bonchev–Trinajstić information content (AvgIpc) is 2.33. The van der Waals surface area contributed by atoms with Crippen LogP contribution in [0.15, 0.2) is 42.5 Å². The molecule has 0 aliphatic rings. The molecular weight excluding hydrogens is 216 g/mol. The lowest BCUT2D eigenvalue weighted by molar-refractivity contribution is 0.481. The molecule has 0 aliphatic carbocycles. The van der Waals surface area contributed by atoms with Crippen molar-refractivity contribution in [3.63, 3.8) is 0 Å². The van der Waals surface area contributed by atoms with E-state index in [1.165, 1.54) is 0 Å². The fourth-order valence-corrected chi connectivity index (χ4v) is 2.42. The molecule has 0 spiro atoms. The van der Waals surface area contributed by atoms with Gasteiger partial charge in [0.25, 0.3) is 0 Å². The summed E-state index contributed by atoms with van der Waals surface area (Å²) in [4.78, 5) is 0. The predicted molar refractivity (Wildman–Crippen MR) is 71.8 cm³/mol. The van der Waals surface area contributed by atoms with Gasteiger partial charge in [0.1, 0.15) is 5.75 Å². The molecule has 0 unspecified atom stereocenters. The van der Waals surface area contributed by atoms with Crippen molar-refractivity contribution in [2.45, 2.75) is 0 Å². The van der Waals surface area contributed by atoms with E-state index in [4.69, 9.17) is 0 Å². The zero-order valence-electron chi connectivity index (χ0n) is 8.51. The van der Waals surface area contributed by atoms with E-state index >= 15 is 0 Å². The Hall–Kier alpha value is -1.67. The number of aromatic hydroxyl groups is 1. The fraction of sp³-hybridized carbons (Fsp3) is 0. The quantitative estimate of drug-likeness (QED) is 0.564. The number of thiol groups is 1. The molecule has 3 rings (SSSR count). The third-order valence-electron chi connectivity index (χ3n) is 2.92. The highest BCUT2D eigenvalue weighted by molar-refractivity contribution is 7.88. The second-order valence-electron chi connectivity index (χ2n) is 3.82. The Bertz CT molecular complexity index is 726. The maximum absolute atomic E-state index is 9.96. The first-order valence-electron chi connectivity index (χ1n) is 5.09. The van der Waals surface area contributed by atoms with Crippen LogP contribution < -0.4 is 5.22 Å².